The minimum atomic E-state index is 0.829. The maximum absolute atomic E-state index is 5.24. The Bertz CT molecular complexity index is 537. The van der Waals surface area contributed by atoms with Crippen molar-refractivity contribution in [3.63, 3.8) is 0 Å². The lowest BCUT2D eigenvalue weighted by molar-refractivity contribution is 0.602. The number of nitrogens with zero attached hydrogens (tertiary/aromatic N) is 2. The lowest BCUT2D eigenvalue weighted by Crippen LogP contribution is -1.89. The molecule has 1 aromatic carbocycles. The van der Waals surface area contributed by atoms with E-state index in [-0.39, 0.29) is 0 Å². The molecular weight excluding hydrogens is 176 g/mol. The van der Waals surface area contributed by atoms with Crippen LogP contribution in [-0.2, 0) is 6.42 Å². The molecule has 0 N–H and O–H groups in total. The van der Waals surface area contributed by atoms with Crippen LogP contribution in [0.25, 0.3) is 17.2 Å². The van der Waals surface area contributed by atoms with Gasteiger partial charge in [-0.15, -0.1) is 0 Å². The van der Waals surface area contributed by atoms with Crippen LogP contribution in [0, 0.1) is 0 Å². The number of rotatable bonds is 0. The first-order valence-electron chi connectivity index (χ1n) is 4.48. The zero-order chi connectivity index (χ0) is 9.38. The van der Waals surface area contributed by atoms with Gasteiger partial charge in [-0.05, 0) is 17.7 Å². The van der Waals surface area contributed by atoms with Crippen molar-refractivity contribution in [1.82, 2.24) is 4.98 Å². The number of aromatic nitrogens is 1. The second-order valence-corrected chi connectivity index (χ2v) is 3.19. The van der Waals surface area contributed by atoms with Crippen molar-refractivity contribution in [3.05, 3.63) is 35.9 Å². The van der Waals surface area contributed by atoms with Crippen molar-refractivity contribution in [2.24, 2.45) is 4.99 Å². The van der Waals surface area contributed by atoms with Crippen LogP contribution in [0.4, 0.5) is 0 Å². The van der Waals surface area contributed by atoms with E-state index in [4.69, 9.17) is 4.42 Å². The standard InChI is InChI=1S/C11H8N2O/c1-2-10-11(13-7-14-10)9-4-6-12-5-3-8(1)9/h1-2,4-7H,3H2. The molecule has 0 bridgehead atoms. The van der Waals surface area contributed by atoms with Gasteiger partial charge in [-0.2, -0.15) is 0 Å². The van der Waals surface area contributed by atoms with Gasteiger partial charge in [-0.3, -0.25) is 4.99 Å². The van der Waals surface area contributed by atoms with E-state index in [1.54, 1.807) is 6.20 Å². The Morgan fingerprint density at radius 2 is 2.29 bits per heavy atom. The largest absolute Gasteiger partial charge is 0.443 e. The van der Waals surface area contributed by atoms with Crippen LogP contribution < -0.4 is 0 Å². The molecule has 1 aliphatic rings. The van der Waals surface area contributed by atoms with E-state index in [0.717, 1.165) is 23.1 Å². The van der Waals surface area contributed by atoms with Crippen molar-refractivity contribution in [3.8, 4) is 0 Å². The quantitative estimate of drug-likeness (QED) is 0.630. The molecule has 1 aliphatic heterocycles. The first-order chi connectivity index (χ1) is 6.95. The SMILES string of the molecule is C1=Cc2c(ccc3ocnc23)CC=N1. The Hall–Kier alpha value is -1.90. The number of aliphatic imine (C=N–C) groups is 1. The van der Waals surface area contributed by atoms with E-state index in [0.29, 0.717) is 0 Å². The maximum atomic E-state index is 5.24. The summed E-state index contributed by atoms with van der Waals surface area (Å²) in [5.74, 6) is 0. The molecule has 3 rings (SSSR count). The molecule has 1 aromatic heterocycles. The highest BCUT2D eigenvalue weighted by Crippen LogP contribution is 2.23. The molecule has 0 aliphatic carbocycles. The molecule has 0 spiro atoms. The summed E-state index contributed by atoms with van der Waals surface area (Å²) < 4.78 is 5.24. The number of hydrogen-bond donors (Lipinski definition) is 0. The highest BCUT2D eigenvalue weighted by Gasteiger charge is 2.08. The zero-order valence-electron chi connectivity index (χ0n) is 7.47. The number of hydrogen-bond acceptors (Lipinski definition) is 3. The van der Waals surface area contributed by atoms with Crippen LogP contribution in [0.15, 0.2) is 34.1 Å². The molecule has 0 unspecified atom stereocenters. The van der Waals surface area contributed by atoms with Gasteiger partial charge < -0.3 is 4.42 Å². The van der Waals surface area contributed by atoms with Crippen molar-refractivity contribution in [2.45, 2.75) is 6.42 Å². The summed E-state index contributed by atoms with van der Waals surface area (Å²) in [5, 5.41) is 0. The predicted octanol–water partition coefficient (Wildman–Crippen LogP) is 2.43. The Balaban J connectivity index is 2.38. The first-order valence-corrected chi connectivity index (χ1v) is 4.48. The molecule has 0 atom stereocenters. The highest BCUT2D eigenvalue weighted by molar-refractivity contribution is 5.87. The smallest absolute Gasteiger partial charge is 0.181 e. The Morgan fingerprint density at radius 1 is 1.29 bits per heavy atom. The van der Waals surface area contributed by atoms with E-state index in [2.05, 4.69) is 16.0 Å². The second-order valence-electron chi connectivity index (χ2n) is 3.19. The number of fused-ring (bicyclic) bond motifs is 3. The molecule has 0 fully saturated rings. The molecule has 0 saturated heterocycles. The molecule has 0 radical (unpaired) electrons. The fraction of sp³-hybridized carbons (Fsp3) is 0.0909. The summed E-state index contributed by atoms with van der Waals surface area (Å²) in [6, 6.07) is 4.01. The monoisotopic (exact) mass is 184 g/mol. The molecule has 14 heavy (non-hydrogen) atoms. The maximum Gasteiger partial charge on any atom is 0.181 e. The van der Waals surface area contributed by atoms with Gasteiger partial charge in [0.2, 0.25) is 0 Å². The van der Waals surface area contributed by atoms with Gasteiger partial charge in [0.05, 0.1) is 0 Å². The fourth-order valence-electron chi connectivity index (χ4n) is 1.69. The molecule has 2 heterocycles. The molecular formula is C11H8N2O. The van der Waals surface area contributed by atoms with Crippen LogP contribution in [0.1, 0.15) is 11.1 Å². The molecule has 0 saturated carbocycles. The summed E-state index contributed by atoms with van der Waals surface area (Å²) in [6.07, 6.45) is 7.99. The van der Waals surface area contributed by atoms with E-state index < -0.39 is 0 Å². The van der Waals surface area contributed by atoms with Gasteiger partial charge in [-0.1, -0.05) is 6.07 Å². The molecule has 0 amide bonds. The van der Waals surface area contributed by atoms with Gasteiger partial charge in [0, 0.05) is 24.4 Å². The van der Waals surface area contributed by atoms with Crippen molar-refractivity contribution < 1.29 is 4.42 Å². The number of benzene rings is 1. The van der Waals surface area contributed by atoms with E-state index in [1.165, 1.54) is 12.0 Å². The summed E-state index contributed by atoms with van der Waals surface area (Å²) in [5.41, 5.74) is 4.11. The molecule has 3 nitrogen and oxygen atoms in total. The van der Waals surface area contributed by atoms with E-state index in [1.807, 2.05) is 18.4 Å². The van der Waals surface area contributed by atoms with Crippen LogP contribution >= 0.6 is 0 Å². The lowest BCUT2D eigenvalue weighted by Gasteiger charge is -2.00. The fourth-order valence-corrected chi connectivity index (χ4v) is 1.69. The molecule has 2 aromatic rings. The van der Waals surface area contributed by atoms with Crippen LogP contribution in [-0.4, -0.2) is 11.2 Å². The van der Waals surface area contributed by atoms with Gasteiger partial charge in [0.15, 0.2) is 12.0 Å². The average Bonchev–Trinajstić information content (AvgIpc) is 2.55. The van der Waals surface area contributed by atoms with Crippen molar-refractivity contribution >= 4 is 23.4 Å². The second kappa shape index (κ2) is 2.80. The zero-order valence-corrected chi connectivity index (χ0v) is 7.47. The lowest BCUT2D eigenvalue weighted by atomic mass is 10.0. The summed E-state index contributed by atoms with van der Waals surface area (Å²) >= 11 is 0. The van der Waals surface area contributed by atoms with Gasteiger partial charge in [0.25, 0.3) is 0 Å². The van der Waals surface area contributed by atoms with Crippen molar-refractivity contribution in [1.29, 1.82) is 0 Å². The number of oxazole rings is 1. The van der Waals surface area contributed by atoms with Crippen LogP contribution in [0.5, 0.6) is 0 Å². The Morgan fingerprint density at radius 3 is 3.29 bits per heavy atom. The summed E-state index contributed by atoms with van der Waals surface area (Å²) in [6.45, 7) is 0. The first kappa shape index (κ1) is 7.50. The van der Waals surface area contributed by atoms with Gasteiger partial charge in [0.1, 0.15) is 5.52 Å². The molecule has 68 valence electrons. The Labute approximate surface area is 80.8 Å². The summed E-state index contributed by atoms with van der Waals surface area (Å²) in [7, 11) is 0. The minimum absolute atomic E-state index is 0.829. The minimum Gasteiger partial charge on any atom is -0.443 e. The normalized spacial score (nSPS) is 14.3. The predicted molar refractivity (Wildman–Crippen MR) is 55.2 cm³/mol. The molecule has 3 heteroatoms. The average molecular weight is 184 g/mol. The van der Waals surface area contributed by atoms with E-state index in [9.17, 15) is 0 Å². The third-order valence-corrected chi connectivity index (χ3v) is 2.38. The topological polar surface area (TPSA) is 38.4 Å². The highest BCUT2D eigenvalue weighted by atomic mass is 16.3. The Kier molecular flexibility index (Phi) is 1.50. The van der Waals surface area contributed by atoms with E-state index >= 15 is 0 Å². The summed E-state index contributed by atoms with van der Waals surface area (Å²) in [4.78, 5) is 8.31. The van der Waals surface area contributed by atoms with Crippen molar-refractivity contribution in [2.75, 3.05) is 0 Å². The van der Waals surface area contributed by atoms with Gasteiger partial charge in [-0.25, -0.2) is 4.98 Å². The third-order valence-electron chi connectivity index (χ3n) is 2.38. The van der Waals surface area contributed by atoms with Crippen LogP contribution in [0.2, 0.25) is 0 Å². The van der Waals surface area contributed by atoms with Crippen LogP contribution in [0.3, 0.4) is 0 Å². The third kappa shape index (κ3) is 0.988. The van der Waals surface area contributed by atoms with Gasteiger partial charge >= 0.3 is 0 Å².